The average Bonchev–Trinajstić information content (AvgIpc) is 2.64. The van der Waals surface area contributed by atoms with Crippen LogP contribution in [-0.4, -0.2) is 4.98 Å². The largest absolute Gasteiger partial charge is 0.487 e. The molecule has 0 saturated carbocycles. The molecule has 4 nitrogen and oxygen atoms in total. The van der Waals surface area contributed by atoms with Gasteiger partial charge in [0.1, 0.15) is 23.9 Å². The van der Waals surface area contributed by atoms with Gasteiger partial charge in [-0.05, 0) is 75.2 Å². The summed E-state index contributed by atoms with van der Waals surface area (Å²) >= 11 is 6.58. The van der Waals surface area contributed by atoms with Crippen LogP contribution in [0.1, 0.15) is 11.4 Å². The summed E-state index contributed by atoms with van der Waals surface area (Å²) in [5.74, 6) is 2.20. The van der Waals surface area contributed by atoms with Crippen LogP contribution in [0.15, 0.2) is 68.3 Å². The molecule has 0 aliphatic rings. The van der Waals surface area contributed by atoms with E-state index in [0.717, 1.165) is 17.2 Å². The second-order valence-corrected chi connectivity index (χ2v) is 6.95. The van der Waals surface area contributed by atoms with Crippen molar-refractivity contribution in [3.63, 3.8) is 0 Å². The van der Waals surface area contributed by atoms with E-state index in [1.165, 1.54) is 0 Å². The Morgan fingerprint density at radius 1 is 0.880 bits per heavy atom. The lowest BCUT2D eigenvalue weighted by molar-refractivity contribution is 0.299. The average molecular weight is 465 g/mol. The number of H-pyrrole nitrogens is 1. The van der Waals surface area contributed by atoms with Crippen molar-refractivity contribution in [1.82, 2.24) is 4.98 Å². The van der Waals surface area contributed by atoms with Crippen LogP contribution < -0.4 is 14.9 Å². The summed E-state index contributed by atoms with van der Waals surface area (Å²) < 4.78 is 12.5. The van der Waals surface area contributed by atoms with Crippen molar-refractivity contribution in [3.8, 4) is 17.2 Å². The Morgan fingerprint density at radius 2 is 1.48 bits per heavy atom. The molecule has 0 aliphatic heterocycles. The highest BCUT2D eigenvalue weighted by molar-refractivity contribution is 9.11. The molecule has 0 bridgehead atoms. The van der Waals surface area contributed by atoms with Crippen molar-refractivity contribution in [2.24, 2.45) is 0 Å². The molecule has 0 unspecified atom stereocenters. The zero-order valence-corrected chi connectivity index (χ0v) is 16.6. The van der Waals surface area contributed by atoms with Gasteiger partial charge in [-0.15, -0.1) is 0 Å². The van der Waals surface area contributed by atoms with Crippen LogP contribution >= 0.6 is 31.9 Å². The monoisotopic (exact) mass is 463 g/mol. The molecule has 1 heterocycles. The maximum absolute atomic E-state index is 12.1. The van der Waals surface area contributed by atoms with Crippen LogP contribution in [0.25, 0.3) is 0 Å². The second-order valence-electron chi connectivity index (χ2n) is 5.36. The van der Waals surface area contributed by atoms with E-state index in [1.54, 1.807) is 0 Å². The lowest BCUT2D eigenvalue weighted by Crippen LogP contribution is -2.13. The van der Waals surface area contributed by atoms with Crippen molar-refractivity contribution in [3.05, 3.63) is 85.2 Å². The molecule has 0 radical (unpaired) electrons. The highest BCUT2D eigenvalue weighted by atomic mass is 79.9. The standard InChI is InChI=1S/C19H15Br2NO3/c1-12-17(20)19(23)18(21)16(22-12)11-24-13-7-9-15(10-8-13)25-14-5-3-2-4-6-14/h2-10H,11H2,1H3,(H,22,23). The second kappa shape index (κ2) is 7.89. The van der Waals surface area contributed by atoms with Crippen LogP contribution in [0.5, 0.6) is 17.2 Å². The summed E-state index contributed by atoms with van der Waals surface area (Å²) in [7, 11) is 0. The van der Waals surface area contributed by atoms with E-state index in [4.69, 9.17) is 9.47 Å². The predicted octanol–water partition coefficient (Wildman–Crippen LogP) is 5.58. The minimum atomic E-state index is -0.0959. The van der Waals surface area contributed by atoms with Crippen LogP contribution in [0, 0.1) is 6.92 Å². The smallest absolute Gasteiger partial charge is 0.210 e. The van der Waals surface area contributed by atoms with Crippen molar-refractivity contribution < 1.29 is 9.47 Å². The number of aromatic amines is 1. The predicted molar refractivity (Wildman–Crippen MR) is 104 cm³/mol. The summed E-state index contributed by atoms with van der Waals surface area (Å²) in [5, 5.41) is 0. The number of hydrogen-bond acceptors (Lipinski definition) is 3. The summed E-state index contributed by atoms with van der Waals surface area (Å²) in [4.78, 5) is 15.2. The lowest BCUT2D eigenvalue weighted by atomic mass is 10.3. The molecule has 0 fully saturated rings. The summed E-state index contributed by atoms with van der Waals surface area (Å²) in [6, 6.07) is 16.9. The van der Waals surface area contributed by atoms with E-state index >= 15 is 0 Å². The number of aromatic nitrogens is 1. The fourth-order valence-electron chi connectivity index (χ4n) is 2.22. The molecule has 1 N–H and O–H groups in total. The number of rotatable bonds is 5. The highest BCUT2D eigenvalue weighted by Crippen LogP contribution is 2.24. The number of nitrogens with one attached hydrogen (secondary N) is 1. The number of ether oxygens (including phenoxy) is 2. The third-order valence-corrected chi connectivity index (χ3v) is 5.31. The molecule has 25 heavy (non-hydrogen) atoms. The number of para-hydroxylation sites is 1. The van der Waals surface area contributed by atoms with Gasteiger partial charge in [-0.1, -0.05) is 18.2 Å². The Morgan fingerprint density at radius 3 is 2.16 bits per heavy atom. The maximum Gasteiger partial charge on any atom is 0.210 e. The Labute approximate surface area is 162 Å². The number of pyridine rings is 1. The first-order valence-corrected chi connectivity index (χ1v) is 9.15. The third-order valence-electron chi connectivity index (χ3n) is 3.52. The van der Waals surface area contributed by atoms with E-state index in [2.05, 4.69) is 36.8 Å². The lowest BCUT2D eigenvalue weighted by Gasteiger charge is -2.11. The molecule has 0 amide bonds. The van der Waals surface area contributed by atoms with Gasteiger partial charge in [-0.25, -0.2) is 0 Å². The first kappa shape index (κ1) is 17.8. The quantitative estimate of drug-likeness (QED) is 0.536. The van der Waals surface area contributed by atoms with E-state index < -0.39 is 0 Å². The Bertz CT molecular complexity index is 922. The Hall–Kier alpha value is -2.05. The minimum absolute atomic E-state index is 0.0959. The SMILES string of the molecule is Cc1[nH]c(COc2ccc(Oc3ccccc3)cc2)c(Br)c(=O)c1Br. The molecule has 128 valence electrons. The van der Waals surface area contributed by atoms with Gasteiger partial charge in [-0.2, -0.15) is 0 Å². The number of halogens is 2. The zero-order chi connectivity index (χ0) is 17.8. The minimum Gasteiger partial charge on any atom is -0.487 e. The van der Waals surface area contributed by atoms with Gasteiger partial charge in [0.05, 0.1) is 14.6 Å². The maximum atomic E-state index is 12.1. The van der Waals surface area contributed by atoms with Crippen molar-refractivity contribution in [2.45, 2.75) is 13.5 Å². The van der Waals surface area contributed by atoms with E-state index in [9.17, 15) is 4.79 Å². The third kappa shape index (κ3) is 4.32. The Kier molecular flexibility index (Phi) is 5.60. The van der Waals surface area contributed by atoms with Crippen molar-refractivity contribution in [1.29, 1.82) is 0 Å². The van der Waals surface area contributed by atoms with Gasteiger partial charge in [0.2, 0.25) is 5.43 Å². The molecule has 3 aromatic rings. The van der Waals surface area contributed by atoms with Gasteiger partial charge in [-0.3, -0.25) is 4.79 Å². The molecule has 0 aliphatic carbocycles. The summed E-state index contributed by atoms with van der Waals surface area (Å²) in [6.45, 7) is 2.08. The van der Waals surface area contributed by atoms with E-state index in [0.29, 0.717) is 20.4 Å². The normalized spacial score (nSPS) is 10.5. The molecule has 6 heteroatoms. The summed E-state index contributed by atoms with van der Waals surface area (Å²) in [5.41, 5.74) is 1.36. The fourth-order valence-corrected chi connectivity index (χ4v) is 3.20. The molecular formula is C19H15Br2NO3. The first-order chi connectivity index (χ1) is 12.0. The van der Waals surface area contributed by atoms with E-state index in [-0.39, 0.29) is 12.0 Å². The number of benzene rings is 2. The van der Waals surface area contributed by atoms with Crippen LogP contribution in [0.2, 0.25) is 0 Å². The van der Waals surface area contributed by atoms with Crippen LogP contribution in [-0.2, 0) is 6.61 Å². The van der Waals surface area contributed by atoms with Gasteiger partial charge in [0.25, 0.3) is 0 Å². The molecule has 0 spiro atoms. The van der Waals surface area contributed by atoms with Gasteiger partial charge in [0, 0.05) is 5.69 Å². The molecule has 0 saturated heterocycles. The highest BCUT2D eigenvalue weighted by Gasteiger charge is 2.11. The molecule has 3 rings (SSSR count). The zero-order valence-electron chi connectivity index (χ0n) is 13.4. The molecular weight excluding hydrogens is 450 g/mol. The fraction of sp³-hybridized carbons (Fsp3) is 0.105. The number of aryl methyl sites for hydroxylation is 1. The summed E-state index contributed by atoms with van der Waals surface area (Å²) in [6.07, 6.45) is 0. The molecule has 0 atom stereocenters. The van der Waals surface area contributed by atoms with Crippen LogP contribution in [0.4, 0.5) is 0 Å². The molecule has 1 aromatic heterocycles. The Balaban J connectivity index is 1.67. The van der Waals surface area contributed by atoms with Crippen molar-refractivity contribution >= 4 is 31.9 Å². The molecule has 2 aromatic carbocycles. The first-order valence-electron chi connectivity index (χ1n) is 7.57. The van der Waals surface area contributed by atoms with Crippen LogP contribution in [0.3, 0.4) is 0 Å². The van der Waals surface area contributed by atoms with Gasteiger partial charge in [0.15, 0.2) is 0 Å². The number of hydrogen-bond donors (Lipinski definition) is 1. The van der Waals surface area contributed by atoms with E-state index in [1.807, 2.05) is 61.5 Å². The topological polar surface area (TPSA) is 51.3 Å². The van der Waals surface area contributed by atoms with Gasteiger partial charge < -0.3 is 14.5 Å². The van der Waals surface area contributed by atoms with Crippen molar-refractivity contribution in [2.75, 3.05) is 0 Å². The van der Waals surface area contributed by atoms with Gasteiger partial charge >= 0.3 is 0 Å².